The quantitative estimate of drug-likeness (QED) is 0.868. The average molecular weight is 258 g/mol. The summed E-state index contributed by atoms with van der Waals surface area (Å²) in [6.45, 7) is 6.62. The number of hydrogen-bond donors (Lipinski definition) is 1. The molecule has 0 saturated heterocycles. The SMILES string of the molecule is Cc1sc(C=Cc2ccc(CO)cc2)c(C)c1C. The van der Waals surface area contributed by atoms with Gasteiger partial charge in [-0.25, -0.2) is 0 Å². The maximum atomic E-state index is 8.99. The van der Waals surface area contributed by atoms with Crippen LogP contribution in [0.5, 0.6) is 0 Å². The second-order valence-corrected chi connectivity index (χ2v) is 5.76. The Morgan fingerprint density at radius 1 is 1.00 bits per heavy atom. The van der Waals surface area contributed by atoms with E-state index in [0.717, 1.165) is 11.1 Å². The van der Waals surface area contributed by atoms with Crippen molar-refractivity contribution < 1.29 is 5.11 Å². The molecule has 0 amide bonds. The molecule has 2 aromatic rings. The van der Waals surface area contributed by atoms with Gasteiger partial charge in [-0.1, -0.05) is 30.3 Å². The van der Waals surface area contributed by atoms with E-state index in [9.17, 15) is 0 Å². The average Bonchev–Trinajstić information content (AvgIpc) is 2.64. The van der Waals surface area contributed by atoms with Crippen molar-refractivity contribution in [3.63, 3.8) is 0 Å². The number of aryl methyl sites for hydroxylation is 1. The standard InChI is InChI=1S/C16H18OS/c1-11-12(2)16(18-13(11)3)9-8-14-4-6-15(10-17)7-5-14/h4-9,17H,10H2,1-3H3. The summed E-state index contributed by atoms with van der Waals surface area (Å²) in [5.41, 5.74) is 4.89. The Labute approximate surface area is 112 Å². The fourth-order valence-corrected chi connectivity index (χ4v) is 2.91. The molecule has 0 aliphatic carbocycles. The lowest BCUT2D eigenvalue weighted by molar-refractivity contribution is 0.282. The third-order valence-electron chi connectivity index (χ3n) is 3.31. The van der Waals surface area contributed by atoms with E-state index in [1.807, 2.05) is 35.6 Å². The van der Waals surface area contributed by atoms with Crippen LogP contribution in [0.2, 0.25) is 0 Å². The van der Waals surface area contributed by atoms with Gasteiger partial charge in [0.1, 0.15) is 0 Å². The van der Waals surface area contributed by atoms with Gasteiger partial charge in [-0.3, -0.25) is 0 Å². The highest BCUT2D eigenvalue weighted by molar-refractivity contribution is 7.13. The Kier molecular flexibility index (Phi) is 4.00. The van der Waals surface area contributed by atoms with E-state index in [1.165, 1.54) is 20.9 Å². The first kappa shape index (κ1) is 13.1. The predicted octanol–water partition coefficient (Wildman–Crippen LogP) is 4.34. The Balaban J connectivity index is 2.21. The van der Waals surface area contributed by atoms with Crippen LogP contribution < -0.4 is 0 Å². The zero-order chi connectivity index (χ0) is 13.1. The van der Waals surface area contributed by atoms with E-state index in [0.29, 0.717) is 0 Å². The molecule has 0 spiro atoms. The molecular formula is C16H18OS. The number of rotatable bonds is 3. The van der Waals surface area contributed by atoms with Gasteiger partial charge in [-0.05, 0) is 49.1 Å². The van der Waals surface area contributed by atoms with E-state index < -0.39 is 0 Å². The van der Waals surface area contributed by atoms with Crippen molar-refractivity contribution in [1.82, 2.24) is 0 Å². The van der Waals surface area contributed by atoms with Crippen LogP contribution in [0.25, 0.3) is 12.2 Å². The molecule has 1 N–H and O–H groups in total. The van der Waals surface area contributed by atoms with Crippen molar-refractivity contribution in [1.29, 1.82) is 0 Å². The van der Waals surface area contributed by atoms with Gasteiger partial charge in [-0.2, -0.15) is 0 Å². The second kappa shape index (κ2) is 5.51. The van der Waals surface area contributed by atoms with Gasteiger partial charge < -0.3 is 5.11 Å². The molecule has 18 heavy (non-hydrogen) atoms. The highest BCUT2D eigenvalue weighted by Crippen LogP contribution is 2.28. The third kappa shape index (κ3) is 2.71. The second-order valence-electron chi connectivity index (χ2n) is 4.51. The van der Waals surface area contributed by atoms with Gasteiger partial charge in [0, 0.05) is 9.75 Å². The molecule has 94 valence electrons. The van der Waals surface area contributed by atoms with Gasteiger partial charge in [0.05, 0.1) is 6.61 Å². The van der Waals surface area contributed by atoms with Crippen molar-refractivity contribution in [2.45, 2.75) is 27.4 Å². The fraction of sp³-hybridized carbons (Fsp3) is 0.250. The predicted molar refractivity (Wildman–Crippen MR) is 79.8 cm³/mol. The molecule has 0 bridgehead atoms. The Bertz CT molecular complexity index is 562. The minimum absolute atomic E-state index is 0.104. The summed E-state index contributed by atoms with van der Waals surface area (Å²) in [7, 11) is 0. The first-order valence-corrected chi connectivity index (χ1v) is 6.88. The van der Waals surface area contributed by atoms with Crippen LogP contribution in [-0.2, 0) is 6.61 Å². The molecule has 0 radical (unpaired) electrons. The highest BCUT2D eigenvalue weighted by Gasteiger charge is 2.05. The highest BCUT2D eigenvalue weighted by atomic mass is 32.1. The Hall–Kier alpha value is -1.38. The lowest BCUT2D eigenvalue weighted by Gasteiger charge is -1.97. The normalized spacial score (nSPS) is 11.3. The summed E-state index contributed by atoms with van der Waals surface area (Å²) in [4.78, 5) is 2.72. The van der Waals surface area contributed by atoms with Gasteiger partial charge in [-0.15, -0.1) is 11.3 Å². The number of aliphatic hydroxyl groups excluding tert-OH is 1. The maximum absolute atomic E-state index is 8.99. The lowest BCUT2D eigenvalue weighted by Crippen LogP contribution is -1.81. The Morgan fingerprint density at radius 3 is 2.17 bits per heavy atom. The Morgan fingerprint density at radius 2 is 1.67 bits per heavy atom. The third-order valence-corrected chi connectivity index (χ3v) is 4.59. The summed E-state index contributed by atoms with van der Waals surface area (Å²) < 4.78 is 0. The number of thiophene rings is 1. The largest absolute Gasteiger partial charge is 0.392 e. The monoisotopic (exact) mass is 258 g/mol. The van der Waals surface area contributed by atoms with Crippen molar-refractivity contribution in [2.75, 3.05) is 0 Å². The minimum Gasteiger partial charge on any atom is -0.392 e. The number of hydrogen-bond acceptors (Lipinski definition) is 2. The molecule has 1 nitrogen and oxygen atoms in total. The van der Waals surface area contributed by atoms with Gasteiger partial charge in [0.2, 0.25) is 0 Å². The zero-order valence-corrected chi connectivity index (χ0v) is 11.8. The van der Waals surface area contributed by atoms with E-state index in [2.05, 4.69) is 32.9 Å². The first-order valence-electron chi connectivity index (χ1n) is 6.06. The molecule has 1 aromatic heterocycles. The molecule has 0 fully saturated rings. The fourth-order valence-electron chi connectivity index (χ4n) is 1.83. The summed E-state index contributed by atoms with van der Waals surface area (Å²) in [6, 6.07) is 7.98. The van der Waals surface area contributed by atoms with Crippen molar-refractivity contribution in [2.24, 2.45) is 0 Å². The molecule has 0 atom stereocenters. The van der Waals surface area contributed by atoms with Crippen LogP contribution in [0.4, 0.5) is 0 Å². The molecule has 1 heterocycles. The summed E-state index contributed by atoms with van der Waals surface area (Å²) >= 11 is 1.84. The van der Waals surface area contributed by atoms with Crippen molar-refractivity contribution in [3.05, 3.63) is 56.3 Å². The molecule has 0 saturated carbocycles. The smallest absolute Gasteiger partial charge is 0.0681 e. The molecule has 1 aromatic carbocycles. The van der Waals surface area contributed by atoms with Gasteiger partial charge >= 0.3 is 0 Å². The topological polar surface area (TPSA) is 20.2 Å². The molecule has 0 aliphatic heterocycles. The van der Waals surface area contributed by atoms with E-state index in [-0.39, 0.29) is 6.61 Å². The van der Waals surface area contributed by atoms with Crippen LogP contribution in [-0.4, -0.2) is 5.11 Å². The van der Waals surface area contributed by atoms with Gasteiger partial charge in [0.25, 0.3) is 0 Å². The summed E-state index contributed by atoms with van der Waals surface area (Å²) in [6.07, 6.45) is 4.30. The molecule has 2 rings (SSSR count). The molecule has 0 unspecified atom stereocenters. The van der Waals surface area contributed by atoms with E-state index >= 15 is 0 Å². The van der Waals surface area contributed by atoms with E-state index in [4.69, 9.17) is 5.11 Å². The molecular weight excluding hydrogens is 240 g/mol. The van der Waals surface area contributed by atoms with Gasteiger partial charge in [0.15, 0.2) is 0 Å². The van der Waals surface area contributed by atoms with Crippen LogP contribution in [0.1, 0.15) is 32.0 Å². The number of benzene rings is 1. The first-order chi connectivity index (χ1) is 8.61. The summed E-state index contributed by atoms with van der Waals surface area (Å²) in [5, 5.41) is 8.99. The minimum atomic E-state index is 0.104. The summed E-state index contributed by atoms with van der Waals surface area (Å²) in [5.74, 6) is 0. The molecule has 0 aliphatic rings. The molecule has 2 heteroatoms. The van der Waals surface area contributed by atoms with Crippen LogP contribution in [0.15, 0.2) is 24.3 Å². The van der Waals surface area contributed by atoms with Crippen molar-refractivity contribution in [3.8, 4) is 0 Å². The zero-order valence-electron chi connectivity index (χ0n) is 11.0. The van der Waals surface area contributed by atoms with Crippen molar-refractivity contribution >= 4 is 23.5 Å². The van der Waals surface area contributed by atoms with Crippen LogP contribution >= 0.6 is 11.3 Å². The lowest BCUT2D eigenvalue weighted by atomic mass is 10.1. The maximum Gasteiger partial charge on any atom is 0.0681 e. The van der Waals surface area contributed by atoms with Crippen LogP contribution in [0, 0.1) is 20.8 Å². The number of aliphatic hydroxyl groups is 1. The van der Waals surface area contributed by atoms with E-state index in [1.54, 1.807) is 0 Å². The van der Waals surface area contributed by atoms with Crippen LogP contribution in [0.3, 0.4) is 0 Å².